The van der Waals surface area contributed by atoms with E-state index in [4.69, 9.17) is 4.74 Å². The van der Waals surface area contributed by atoms with Crippen LogP contribution in [0.5, 0.6) is 5.75 Å². The van der Waals surface area contributed by atoms with E-state index in [1.807, 2.05) is 24.3 Å². The summed E-state index contributed by atoms with van der Waals surface area (Å²) in [5, 5.41) is 9.96. The van der Waals surface area contributed by atoms with Crippen LogP contribution in [0, 0.1) is 11.3 Å². The third kappa shape index (κ3) is 3.31. The molecule has 0 bridgehead atoms. The molecule has 2 saturated heterocycles. The first-order valence-corrected chi connectivity index (χ1v) is 9.91. The first-order chi connectivity index (χ1) is 13.0. The second kappa shape index (κ2) is 7.15. The Morgan fingerprint density at radius 1 is 1.26 bits per heavy atom. The maximum absolute atomic E-state index is 12.9. The van der Waals surface area contributed by atoms with Crippen LogP contribution in [0.4, 0.5) is 0 Å². The first-order valence-electron chi connectivity index (χ1n) is 9.91. The molecule has 3 aliphatic heterocycles. The molecule has 1 aromatic rings. The highest BCUT2D eigenvalue weighted by molar-refractivity contribution is 5.83. The van der Waals surface area contributed by atoms with E-state index in [1.165, 1.54) is 0 Å². The Morgan fingerprint density at radius 2 is 2.00 bits per heavy atom. The van der Waals surface area contributed by atoms with Crippen molar-refractivity contribution < 1.29 is 19.4 Å². The summed E-state index contributed by atoms with van der Waals surface area (Å²) < 4.78 is 5.77. The van der Waals surface area contributed by atoms with Crippen molar-refractivity contribution in [1.29, 1.82) is 0 Å². The highest BCUT2D eigenvalue weighted by Gasteiger charge is 2.57. The molecule has 1 N–H and O–H groups in total. The van der Waals surface area contributed by atoms with Crippen LogP contribution < -0.4 is 4.74 Å². The van der Waals surface area contributed by atoms with Crippen molar-refractivity contribution in [3.05, 3.63) is 29.8 Å². The summed E-state index contributed by atoms with van der Waals surface area (Å²) in [5.74, 6) is 0.369. The number of amides is 1. The number of ether oxygens (including phenoxy) is 1. The summed E-state index contributed by atoms with van der Waals surface area (Å²) in [6, 6.07) is 7.62. The van der Waals surface area contributed by atoms with Gasteiger partial charge in [-0.2, -0.15) is 0 Å². The number of para-hydroxylation sites is 1. The zero-order valence-electron chi connectivity index (χ0n) is 15.9. The predicted molar refractivity (Wildman–Crippen MR) is 101 cm³/mol. The van der Waals surface area contributed by atoms with E-state index in [2.05, 4.69) is 11.9 Å². The van der Waals surface area contributed by atoms with Crippen molar-refractivity contribution in [2.45, 2.75) is 31.6 Å². The van der Waals surface area contributed by atoms with E-state index in [0.717, 1.165) is 43.7 Å². The average molecular weight is 372 g/mol. The third-order valence-corrected chi connectivity index (χ3v) is 6.71. The van der Waals surface area contributed by atoms with Gasteiger partial charge >= 0.3 is 5.97 Å². The minimum absolute atomic E-state index is 0.0847. The number of nitrogens with zero attached hydrogens (tertiary/aromatic N) is 2. The number of likely N-dealkylation sites (tertiary alicyclic amines) is 2. The molecule has 1 aromatic carbocycles. The Kier molecular flexibility index (Phi) is 4.84. The van der Waals surface area contributed by atoms with Gasteiger partial charge in [0, 0.05) is 31.0 Å². The summed E-state index contributed by atoms with van der Waals surface area (Å²) in [6.07, 6.45) is 3.71. The number of benzene rings is 1. The van der Waals surface area contributed by atoms with Crippen LogP contribution in [-0.2, 0) is 9.59 Å². The number of carboxylic acid groups (broad SMARTS) is 1. The van der Waals surface area contributed by atoms with E-state index in [9.17, 15) is 14.7 Å². The number of rotatable bonds is 4. The first kappa shape index (κ1) is 18.3. The van der Waals surface area contributed by atoms with Gasteiger partial charge in [0.1, 0.15) is 17.8 Å². The van der Waals surface area contributed by atoms with Crippen molar-refractivity contribution >= 4 is 11.9 Å². The van der Waals surface area contributed by atoms with Gasteiger partial charge in [-0.3, -0.25) is 9.59 Å². The lowest BCUT2D eigenvalue weighted by molar-refractivity contribution is -0.152. The van der Waals surface area contributed by atoms with Crippen molar-refractivity contribution in [3.63, 3.8) is 0 Å². The van der Waals surface area contributed by atoms with Crippen LogP contribution in [-0.4, -0.2) is 66.6 Å². The molecule has 0 unspecified atom stereocenters. The normalized spacial score (nSPS) is 28.3. The van der Waals surface area contributed by atoms with Gasteiger partial charge in [0.25, 0.3) is 0 Å². The molecule has 3 heterocycles. The molecule has 3 aliphatic rings. The Hall–Kier alpha value is -2.08. The smallest absolute Gasteiger partial charge is 0.315 e. The molecular weight excluding hydrogens is 344 g/mol. The van der Waals surface area contributed by atoms with Gasteiger partial charge in [0.05, 0.1) is 0 Å². The number of aliphatic carboxylic acids is 1. The summed E-state index contributed by atoms with van der Waals surface area (Å²) in [7, 11) is 2.14. The van der Waals surface area contributed by atoms with Gasteiger partial charge in [-0.25, -0.2) is 0 Å². The molecule has 2 fully saturated rings. The highest BCUT2D eigenvalue weighted by Crippen LogP contribution is 2.49. The van der Waals surface area contributed by atoms with E-state index in [-0.39, 0.29) is 25.0 Å². The summed E-state index contributed by atoms with van der Waals surface area (Å²) in [5.41, 5.74) is -0.117. The van der Waals surface area contributed by atoms with E-state index >= 15 is 0 Å². The van der Waals surface area contributed by atoms with Crippen LogP contribution in [0.3, 0.4) is 0 Å². The molecule has 0 radical (unpaired) electrons. The predicted octanol–water partition coefficient (Wildman–Crippen LogP) is 2.20. The quantitative estimate of drug-likeness (QED) is 0.877. The molecule has 6 nitrogen and oxygen atoms in total. The van der Waals surface area contributed by atoms with Crippen molar-refractivity contribution in [2.24, 2.45) is 11.3 Å². The standard InChI is InChI=1S/C21H28N2O4/c1-22-10-8-15(9-11-22)6-7-19(24)23-12-17-16-4-2-3-5-18(16)27-14-21(17,13-23)20(25)26/h2-5,15,17H,6-14H2,1H3,(H,25,26)/t17-,21-/m0/s1. The number of hydrogen-bond donors (Lipinski definition) is 1. The topological polar surface area (TPSA) is 70.1 Å². The molecule has 0 aliphatic carbocycles. The second-order valence-electron chi connectivity index (χ2n) is 8.40. The lowest BCUT2D eigenvalue weighted by Crippen LogP contribution is -2.46. The molecule has 6 heteroatoms. The Labute approximate surface area is 160 Å². The summed E-state index contributed by atoms with van der Waals surface area (Å²) >= 11 is 0. The molecule has 0 spiro atoms. The average Bonchev–Trinajstić information content (AvgIpc) is 3.09. The van der Waals surface area contributed by atoms with Gasteiger partial charge in [0.15, 0.2) is 0 Å². The molecular formula is C21H28N2O4. The molecule has 2 atom stereocenters. The maximum Gasteiger partial charge on any atom is 0.315 e. The van der Waals surface area contributed by atoms with Crippen LogP contribution in [0.1, 0.15) is 37.2 Å². The third-order valence-electron chi connectivity index (χ3n) is 6.71. The number of piperidine rings is 1. The second-order valence-corrected chi connectivity index (χ2v) is 8.40. The minimum atomic E-state index is -1.03. The van der Waals surface area contributed by atoms with Crippen LogP contribution in [0.15, 0.2) is 24.3 Å². The molecule has 4 rings (SSSR count). The van der Waals surface area contributed by atoms with Crippen molar-refractivity contribution in [1.82, 2.24) is 9.80 Å². The molecule has 1 amide bonds. The zero-order valence-corrected chi connectivity index (χ0v) is 15.9. The van der Waals surface area contributed by atoms with Crippen molar-refractivity contribution in [2.75, 3.05) is 39.8 Å². The van der Waals surface area contributed by atoms with Gasteiger partial charge in [-0.15, -0.1) is 0 Å². The summed E-state index contributed by atoms with van der Waals surface area (Å²) in [6.45, 7) is 3.04. The van der Waals surface area contributed by atoms with E-state index < -0.39 is 11.4 Å². The monoisotopic (exact) mass is 372 g/mol. The fourth-order valence-electron chi connectivity index (χ4n) is 4.86. The van der Waals surface area contributed by atoms with E-state index in [0.29, 0.717) is 18.9 Å². The Morgan fingerprint density at radius 3 is 2.74 bits per heavy atom. The summed E-state index contributed by atoms with van der Waals surface area (Å²) in [4.78, 5) is 29.1. The minimum Gasteiger partial charge on any atom is -0.492 e. The van der Waals surface area contributed by atoms with Gasteiger partial charge in [0.2, 0.25) is 5.91 Å². The lowest BCUT2D eigenvalue weighted by atomic mass is 9.73. The highest BCUT2D eigenvalue weighted by atomic mass is 16.5. The van der Waals surface area contributed by atoms with Gasteiger partial charge < -0.3 is 19.6 Å². The number of carbonyl (C=O) groups is 2. The number of hydrogen-bond acceptors (Lipinski definition) is 4. The fourth-order valence-corrected chi connectivity index (χ4v) is 4.86. The van der Waals surface area contributed by atoms with Crippen molar-refractivity contribution in [3.8, 4) is 5.75 Å². The molecule has 146 valence electrons. The molecule has 0 saturated carbocycles. The Balaban J connectivity index is 1.45. The number of carbonyl (C=O) groups excluding carboxylic acids is 1. The molecule has 0 aromatic heterocycles. The zero-order chi connectivity index (χ0) is 19.0. The van der Waals surface area contributed by atoms with Crippen LogP contribution >= 0.6 is 0 Å². The fraction of sp³-hybridized carbons (Fsp3) is 0.619. The number of fused-ring (bicyclic) bond motifs is 3. The number of carboxylic acids is 1. The van der Waals surface area contributed by atoms with E-state index in [1.54, 1.807) is 4.90 Å². The van der Waals surface area contributed by atoms with Crippen LogP contribution in [0.25, 0.3) is 0 Å². The lowest BCUT2D eigenvalue weighted by Gasteiger charge is -2.35. The maximum atomic E-state index is 12.9. The largest absolute Gasteiger partial charge is 0.492 e. The van der Waals surface area contributed by atoms with Crippen LogP contribution in [0.2, 0.25) is 0 Å². The molecule has 27 heavy (non-hydrogen) atoms. The van der Waals surface area contributed by atoms with Gasteiger partial charge in [-0.1, -0.05) is 18.2 Å². The Bertz CT molecular complexity index is 729. The van der Waals surface area contributed by atoms with Gasteiger partial charge in [-0.05, 0) is 51.4 Å². The SMILES string of the molecule is CN1CCC(CCC(=O)N2C[C@H]3c4ccccc4OC[C@@]3(C(=O)O)C2)CC1.